The molecule has 0 spiro atoms. The molecule has 0 radical (unpaired) electrons. The summed E-state index contributed by atoms with van der Waals surface area (Å²) in [5.41, 5.74) is 0. The summed E-state index contributed by atoms with van der Waals surface area (Å²) in [7, 11) is 0. The van der Waals surface area contributed by atoms with Crippen LogP contribution in [-0.2, 0) is 0 Å². The molecule has 116 valence electrons. The van der Waals surface area contributed by atoms with Crippen LogP contribution in [0.4, 0.5) is 4.79 Å². The van der Waals surface area contributed by atoms with Crippen LogP contribution in [0, 0.1) is 5.92 Å². The Labute approximate surface area is 126 Å². The molecule has 0 aromatic rings. The van der Waals surface area contributed by atoms with Crippen LogP contribution in [0.25, 0.3) is 0 Å². The molecule has 3 atom stereocenters. The van der Waals surface area contributed by atoms with Crippen LogP contribution in [0.2, 0.25) is 0 Å². The quantitative estimate of drug-likeness (QED) is 0.838. The average molecular weight is 300 g/mol. The van der Waals surface area contributed by atoms with Crippen LogP contribution in [0.15, 0.2) is 0 Å². The zero-order valence-electron chi connectivity index (χ0n) is 12.5. The third kappa shape index (κ3) is 4.55. The van der Waals surface area contributed by atoms with Gasteiger partial charge in [-0.25, -0.2) is 4.79 Å². The van der Waals surface area contributed by atoms with Crippen molar-refractivity contribution in [2.75, 3.05) is 25.4 Å². The highest BCUT2D eigenvalue weighted by Gasteiger charge is 2.27. The minimum atomic E-state index is 0.0790. The highest BCUT2D eigenvalue weighted by Crippen LogP contribution is 2.28. The number of hydrogen-bond acceptors (Lipinski definition) is 3. The van der Waals surface area contributed by atoms with E-state index in [9.17, 15) is 9.90 Å². The number of aliphatic hydroxyl groups excluding tert-OH is 1. The smallest absolute Gasteiger partial charge is 0.317 e. The largest absolute Gasteiger partial charge is 0.396 e. The maximum atomic E-state index is 12.3. The molecule has 0 aromatic heterocycles. The van der Waals surface area contributed by atoms with Crippen LogP contribution in [0.3, 0.4) is 0 Å². The number of amides is 2. The van der Waals surface area contributed by atoms with Gasteiger partial charge in [0.2, 0.25) is 0 Å². The van der Waals surface area contributed by atoms with Gasteiger partial charge in [-0.3, -0.25) is 0 Å². The zero-order valence-corrected chi connectivity index (χ0v) is 13.3. The molecule has 2 amide bonds. The summed E-state index contributed by atoms with van der Waals surface area (Å²) in [6.07, 6.45) is 6.80. The number of piperidine rings is 1. The van der Waals surface area contributed by atoms with Crippen LogP contribution in [0.1, 0.15) is 45.4 Å². The second-order valence-electron chi connectivity index (χ2n) is 6.03. The molecule has 5 heteroatoms. The second-order valence-corrected chi connectivity index (χ2v) is 7.60. The van der Waals surface area contributed by atoms with E-state index >= 15 is 0 Å². The van der Waals surface area contributed by atoms with E-state index in [-0.39, 0.29) is 18.6 Å². The number of carbonyl (C=O) groups excluding carboxylic acids is 1. The van der Waals surface area contributed by atoms with E-state index in [0.717, 1.165) is 38.0 Å². The third-order valence-corrected chi connectivity index (χ3v) is 5.65. The summed E-state index contributed by atoms with van der Waals surface area (Å²) in [6, 6.07) is 0.421. The van der Waals surface area contributed by atoms with Gasteiger partial charge in [-0.05, 0) is 43.8 Å². The van der Waals surface area contributed by atoms with Crippen molar-refractivity contribution in [1.29, 1.82) is 0 Å². The number of likely N-dealkylation sites (tertiary alicyclic amines) is 1. The van der Waals surface area contributed by atoms with E-state index < -0.39 is 0 Å². The average Bonchev–Trinajstić information content (AvgIpc) is 2.48. The monoisotopic (exact) mass is 300 g/mol. The molecule has 2 fully saturated rings. The standard InChI is InChI=1S/C15H28N2O2S/c1-2-20-14-7-3-6-13(9-14)16-15(19)17-8-4-5-12(10-17)11-18/h12-14,18H,2-11H2,1H3,(H,16,19). The van der Waals surface area contributed by atoms with Gasteiger partial charge in [0.1, 0.15) is 0 Å². The van der Waals surface area contributed by atoms with Gasteiger partial charge < -0.3 is 15.3 Å². The highest BCUT2D eigenvalue weighted by molar-refractivity contribution is 7.99. The van der Waals surface area contributed by atoms with E-state index in [1.807, 2.05) is 16.7 Å². The SMILES string of the molecule is CCSC1CCCC(NC(=O)N2CCCC(CO)C2)C1. The van der Waals surface area contributed by atoms with Crippen molar-refractivity contribution in [3.63, 3.8) is 0 Å². The molecule has 1 saturated heterocycles. The number of urea groups is 1. The summed E-state index contributed by atoms with van der Waals surface area (Å²) < 4.78 is 0. The lowest BCUT2D eigenvalue weighted by Crippen LogP contribution is -2.50. The van der Waals surface area contributed by atoms with E-state index in [2.05, 4.69) is 12.2 Å². The summed E-state index contributed by atoms with van der Waals surface area (Å²) in [5, 5.41) is 13.2. The first-order valence-corrected chi connectivity index (χ1v) is 9.05. The van der Waals surface area contributed by atoms with Crippen molar-refractivity contribution in [2.24, 2.45) is 5.92 Å². The molecule has 1 aliphatic heterocycles. The number of nitrogens with zero attached hydrogens (tertiary/aromatic N) is 1. The topological polar surface area (TPSA) is 52.6 Å². The number of hydrogen-bond donors (Lipinski definition) is 2. The maximum Gasteiger partial charge on any atom is 0.317 e. The van der Waals surface area contributed by atoms with E-state index in [4.69, 9.17) is 0 Å². The van der Waals surface area contributed by atoms with Crippen LogP contribution in [-0.4, -0.2) is 52.8 Å². The predicted octanol–water partition coefficient (Wildman–Crippen LogP) is 2.46. The van der Waals surface area contributed by atoms with Gasteiger partial charge in [-0.1, -0.05) is 13.3 Å². The van der Waals surface area contributed by atoms with E-state index in [1.54, 1.807) is 0 Å². The normalized spacial score (nSPS) is 31.1. The first-order valence-electron chi connectivity index (χ1n) is 8.00. The van der Waals surface area contributed by atoms with Crippen molar-refractivity contribution in [1.82, 2.24) is 10.2 Å². The van der Waals surface area contributed by atoms with Gasteiger partial charge in [0.15, 0.2) is 0 Å². The fraction of sp³-hybridized carbons (Fsp3) is 0.933. The Kier molecular flexibility index (Phi) is 6.49. The Morgan fingerprint density at radius 2 is 2.20 bits per heavy atom. The van der Waals surface area contributed by atoms with E-state index in [1.165, 1.54) is 12.8 Å². The Morgan fingerprint density at radius 1 is 1.35 bits per heavy atom. The van der Waals surface area contributed by atoms with Crippen molar-refractivity contribution >= 4 is 17.8 Å². The van der Waals surface area contributed by atoms with Crippen molar-refractivity contribution in [3.8, 4) is 0 Å². The lowest BCUT2D eigenvalue weighted by molar-refractivity contribution is 0.127. The van der Waals surface area contributed by atoms with Crippen molar-refractivity contribution in [3.05, 3.63) is 0 Å². The molecule has 0 aromatic carbocycles. The van der Waals surface area contributed by atoms with Crippen LogP contribution in [0.5, 0.6) is 0 Å². The molecule has 2 N–H and O–H groups in total. The van der Waals surface area contributed by atoms with Crippen molar-refractivity contribution in [2.45, 2.75) is 56.7 Å². The number of nitrogens with one attached hydrogen (secondary N) is 1. The van der Waals surface area contributed by atoms with Crippen molar-refractivity contribution < 1.29 is 9.90 Å². The molecular formula is C15H28N2O2S. The molecule has 4 nitrogen and oxygen atoms in total. The van der Waals surface area contributed by atoms with Gasteiger partial charge in [-0.15, -0.1) is 0 Å². The molecule has 2 aliphatic rings. The fourth-order valence-electron chi connectivity index (χ4n) is 3.33. The lowest BCUT2D eigenvalue weighted by Gasteiger charge is -2.35. The molecule has 0 bridgehead atoms. The number of aliphatic hydroxyl groups is 1. The summed E-state index contributed by atoms with van der Waals surface area (Å²) in [5.74, 6) is 1.43. The minimum absolute atomic E-state index is 0.0790. The molecule has 3 unspecified atom stereocenters. The Bertz CT molecular complexity index is 312. The lowest BCUT2D eigenvalue weighted by atomic mass is 9.95. The molecule has 1 aliphatic carbocycles. The number of thioether (sulfide) groups is 1. The van der Waals surface area contributed by atoms with Gasteiger partial charge in [0, 0.05) is 31.0 Å². The third-order valence-electron chi connectivity index (χ3n) is 4.42. The Balaban J connectivity index is 1.78. The van der Waals surface area contributed by atoms with Gasteiger partial charge in [0.05, 0.1) is 0 Å². The highest BCUT2D eigenvalue weighted by atomic mass is 32.2. The van der Waals surface area contributed by atoms with Gasteiger partial charge >= 0.3 is 6.03 Å². The fourth-order valence-corrected chi connectivity index (χ4v) is 4.50. The minimum Gasteiger partial charge on any atom is -0.396 e. The number of carbonyl (C=O) groups is 1. The van der Waals surface area contributed by atoms with E-state index in [0.29, 0.717) is 17.8 Å². The van der Waals surface area contributed by atoms with Crippen LogP contribution >= 0.6 is 11.8 Å². The Morgan fingerprint density at radius 3 is 2.95 bits per heavy atom. The molecule has 2 rings (SSSR count). The maximum absolute atomic E-state index is 12.3. The Hall–Kier alpha value is -0.420. The second kappa shape index (κ2) is 8.13. The molecule has 1 saturated carbocycles. The predicted molar refractivity (Wildman–Crippen MR) is 84.1 cm³/mol. The molecule has 1 heterocycles. The van der Waals surface area contributed by atoms with Crippen LogP contribution < -0.4 is 5.32 Å². The summed E-state index contributed by atoms with van der Waals surface area (Å²) in [6.45, 7) is 3.95. The zero-order chi connectivity index (χ0) is 14.4. The van der Waals surface area contributed by atoms with Gasteiger partial charge in [0.25, 0.3) is 0 Å². The number of rotatable bonds is 4. The molecule has 20 heavy (non-hydrogen) atoms. The summed E-state index contributed by atoms with van der Waals surface area (Å²) >= 11 is 2.02. The van der Waals surface area contributed by atoms with Gasteiger partial charge in [-0.2, -0.15) is 11.8 Å². The molecular weight excluding hydrogens is 272 g/mol. The summed E-state index contributed by atoms with van der Waals surface area (Å²) in [4.78, 5) is 14.2. The first-order chi connectivity index (χ1) is 9.72. The first kappa shape index (κ1) is 16.0.